The number of pyridine rings is 1. The first-order valence-electron chi connectivity index (χ1n) is 8.28. The number of carbonyl (C=O) groups is 1. The van der Waals surface area contributed by atoms with Gasteiger partial charge in [0.15, 0.2) is 0 Å². The van der Waals surface area contributed by atoms with Crippen molar-refractivity contribution in [1.82, 2.24) is 4.57 Å². The van der Waals surface area contributed by atoms with Crippen LogP contribution in [0.5, 0.6) is 0 Å². The standard InChI is InChI=1S/C18H22N2O3S/c1-3-23-18(22)15-10-20-11(2)4-5-12-8-13(24-7-6-19)9-14(16(12)20)17(15)21/h8-11H,3-7,19H2,1-2H3/t11-/m1/s1. The monoisotopic (exact) mass is 346 g/mol. The molecule has 0 bridgehead atoms. The van der Waals surface area contributed by atoms with Crippen molar-refractivity contribution in [3.63, 3.8) is 0 Å². The molecule has 1 aliphatic rings. The lowest BCUT2D eigenvalue weighted by Crippen LogP contribution is -2.25. The van der Waals surface area contributed by atoms with Gasteiger partial charge in [0.05, 0.1) is 12.1 Å². The summed E-state index contributed by atoms with van der Waals surface area (Å²) in [6.07, 6.45) is 3.59. The van der Waals surface area contributed by atoms with Gasteiger partial charge in [-0.05, 0) is 44.4 Å². The maximum atomic E-state index is 12.9. The average Bonchev–Trinajstić information content (AvgIpc) is 2.58. The summed E-state index contributed by atoms with van der Waals surface area (Å²) in [7, 11) is 0. The van der Waals surface area contributed by atoms with Crippen LogP contribution in [-0.4, -0.2) is 29.4 Å². The number of aryl methyl sites for hydroxylation is 1. The molecule has 6 heteroatoms. The molecular formula is C18H22N2O3S. The Kier molecular flexibility index (Phi) is 4.96. The number of aromatic nitrogens is 1. The van der Waals surface area contributed by atoms with Crippen LogP contribution in [0.15, 0.2) is 28.0 Å². The van der Waals surface area contributed by atoms with Crippen molar-refractivity contribution in [1.29, 1.82) is 0 Å². The number of hydrogen-bond donors (Lipinski definition) is 1. The molecule has 0 amide bonds. The molecule has 0 aliphatic carbocycles. The zero-order valence-electron chi connectivity index (χ0n) is 14.0. The van der Waals surface area contributed by atoms with Gasteiger partial charge in [0.25, 0.3) is 0 Å². The lowest BCUT2D eigenvalue weighted by molar-refractivity contribution is 0.0524. The van der Waals surface area contributed by atoms with Crippen LogP contribution in [0.3, 0.4) is 0 Å². The summed E-state index contributed by atoms with van der Waals surface area (Å²) in [6, 6.07) is 4.28. The number of hydrogen-bond acceptors (Lipinski definition) is 5. The van der Waals surface area contributed by atoms with Crippen LogP contribution in [0.25, 0.3) is 10.9 Å². The second kappa shape index (κ2) is 6.99. The van der Waals surface area contributed by atoms with Crippen LogP contribution < -0.4 is 11.2 Å². The van der Waals surface area contributed by atoms with Gasteiger partial charge in [0.1, 0.15) is 5.56 Å². The van der Waals surface area contributed by atoms with E-state index in [2.05, 4.69) is 17.6 Å². The molecule has 1 aromatic heterocycles. The molecule has 0 radical (unpaired) electrons. The fourth-order valence-corrected chi connectivity index (χ4v) is 3.99. The molecule has 24 heavy (non-hydrogen) atoms. The molecule has 0 fully saturated rings. The van der Waals surface area contributed by atoms with Crippen LogP contribution in [0.2, 0.25) is 0 Å². The number of nitrogens with zero attached hydrogens (tertiary/aromatic N) is 1. The normalized spacial score (nSPS) is 16.4. The molecule has 1 aliphatic heterocycles. The summed E-state index contributed by atoms with van der Waals surface area (Å²) in [5, 5.41) is 0.601. The molecule has 0 saturated carbocycles. The first-order valence-corrected chi connectivity index (χ1v) is 9.27. The Hall–Kier alpha value is -1.79. The highest BCUT2D eigenvalue weighted by atomic mass is 32.2. The van der Waals surface area contributed by atoms with Gasteiger partial charge in [-0.3, -0.25) is 4.79 Å². The minimum Gasteiger partial charge on any atom is -0.462 e. The topological polar surface area (TPSA) is 74.3 Å². The molecule has 2 N–H and O–H groups in total. The molecule has 2 heterocycles. The number of rotatable bonds is 5. The van der Waals surface area contributed by atoms with Crippen LogP contribution in [0.4, 0.5) is 0 Å². The number of benzene rings is 1. The highest BCUT2D eigenvalue weighted by Gasteiger charge is 2.24. The number of carbonyl (C=O) groups excluding carboxylic acids is 1. The van der Waals surface area contributed by atoms with Gasteiger partial charge in [-0.2, -0.15) is 0 Å². The van der Waals surface area contributed by atoms with Crippen molar-refractivity contribution < 1.29 is 9.53 Å². The second-order valence-corrected chi connectivity index (χ2v) is 7.17. The Bertz CT molecular complexity index is 844. The molecule has 0 spiro atoms. The van der Waals surface area contributed by atoms with Gasteiger partial charge in [-0.25, -0.2) is 4.79 Å². The average molecular weight is 346 g/mol. The largest absolute Gasteiger partial charge is 0.462 e. The van der Waals surface area contributed by atoms with Crippen molar-refractivity contribution in [2.75, 3.05) is 18.9 Å². The first kappa shape index (κ1) is 17.0. The predicted octanol–water partition coefficient (Wildman–Crippen LogP) is 2.74. The first-order chi connectivity index (χ1) is 11.6. The van der Waals surface area contributed by atoms with Crippen molar-refractivity contribution >= 4 is 28.6 Å². The summed E-state index contributed by atoms with van der Waals surface area (Å²) < 4.78 is 7.12. The van der Waals surface area contributed by atoms with Gasteiger partial charge in [0, 0.05) is 34.8 Å². The van der Waals surface area contributed by atoms with Crippen LogP contribution in [-0.2, 0) is 11.2 Å². The number of esters is 1. The van der Waals surface area contributed by atoms with Crippen molar-refractivity contribution in [3.05, 3.63) is 39.7 Å². The van der Waals surface area contributed by atoms with E-state index in [4.69, 9.17) is 10.5 Å². The quantitative estimate of drug-likeness (QED) is 0.665. The Morgan fingerprint density at radius 3 is 2.96 bits per heavy atom. The van der Waals surface area contributed by atoms with E-state index >= 15 is 0 Å². The van der Waals surface area contributed by atoms with Gasteiger partial charge < -0.3 is 15.0 Å². The van der Waals surface area contributed by atoms with E-state index in [-0.39, 0.29) is 23.6 Å². The lowest BCUT2D eigenvalue weighted by atomic mass is 9.96. The number of nitrogens with two attached hydrogens (primary N) is 1. The highest BCUT2D eigenvalue weighted by molar-refractivity contribution is 7.99. The SMILES string of the molecule is CCOC(=O)c1cn2c3c(cc(SCCN)cc3c1=O)CC[C@H]2C. The van der Waals surface area contributed by atoms with E-state index in [9.17, 15) is 9.59 Å². The van der Waals surface area contributed by atoms with Gasteiger partial charge in [-0.1, -0.05) is 0 Å². The van der Waals surface area contributed by atoms with Crippen LogP contribution in [0.1, 0.15) is 42.2 Å². The van der Waals surface area contributed by atoms with E-state index in [0.717, 1.165) is 34.6 Å². The summed E-state index contributed by atoms with van der Waals surface area (Å²) in [5.41, 5.74) is 7.58. The van der Waals surface area contributed by atoms with E-state index in [1.54, 1.807) is 24.9 Å². The van der Waals surface area contributed by atoms with Crippen LogP contribution in [0, 0.1) is 0 Å². The van der Waals surface area contributed by atoms with Gasteiger partial charge in [0.2, 0.25) is 5.43 Å². The molecule has 1 aromatic carbocycles. The maximum absolute atomic E-state index is 12.9. The molecular weight excluding hydrogens is 324 g/mol. The van der Waals surface area contributed by atoms with Gasteiger partial charge in [-0.15, -0.1) is 11.8 Å². The van der Waals surface area contributed by atoms with E-state index in [1.807, 2.05) is 6.07 Å². The molecule has 5 nitrogen and oxygen atoms in total. The minimum atomic E-state index is -0.549. The van der Waals surface area contributed by atoms with Crippen molar-refractivity contribution in [2.24, 2.45) is 5.73 Å². The van der Waals surface area contributed by atoms with E-state index < -0.39 is 5.97 Å². The maximum Gasteiger partial charge on any atom is 0.343 e. The molecule has 1 atom stereocenters. The Morgan fingerprint density at radius 1 is 1.46 bits per heavy atom. The third-order valence-corrected chi connectivity index (χ3v) is 5.38. The summed E-state index contributed by atoms with van der Waals surface area (Å²) in [5.74, 6) is 0.250. The van der Waals surface area contributed by atoms with Gasteiger partial charge >= 0.3 is 5.97 Å². The molecule has 0 unspecified atom stereocenters. The highest BCUT2D eigenvalue weighted by Crippen LogP contribution is 2.33. The summed E-state index contributed by atoms with van der Waals surface area (Å²) in [6.45, 7) is 4.69. The Labute approximate surface area is 145 Å². The summed E-state index contributed by atoms with van der Waals surface area (Å²) in [4.78, 5) is 26.1. The van der Waals surface area contributed by atoms with Crippen LogP contribution >= 0.6 is 11.8 Å². The van der Waals surface area contributed by atoms with Crippen molar-refractivity contribution in [2.45, 2.75) is 37.6 Å². The molecule has 3 rings (SSSR count). The zero-order valence-corrected chi connectivity index (χ0v) is 14.8. The van der Waals surface area contributed by atoms with Crippen molar-refractivity contribution in [3.8, 4) is 0 Å². The molecule has 2 aromatic rings. The number of thioether (sulfide) groups is 1. The fraction of sp³-hybridized carbons (Fsp3) is 0.444. The van der Waals surface area contributed by atoms with E-state index in [0.29, 0.717) is 11.9 Å². The van der Waals surface area contributed by atoms with E-state index in [1.165, 1.54) is 0 Å². The molecule has 0 saturated heterocycles. The predicted molar refractivity (Wildman–Crippen MR) is 97.0 cm³/mol. The zero-order chi connectivity index (χ0) is 17.3. The summed E-state index contributed by atoms with van der Waals surface area (Å²) >= 11 is 1.64. The second-order valence-electron chi connectivity index (χ2n) is 6.00. The smallest absolute Gasteiger partial charge is 0.343 e. The minimum absolute atomic E-state index is 0.116. The Morgan fingerprint density at radius 2 is 2.25 bits per heavy atom. The fourth-order valence-electron chi connectivity index (χ4n) is 3.21. The number of ether oxygens (including phenoxy) is 1. The third kappa shape index (κ3) is 2.96. The Balaban J connectivity index is 2.26. The molecule has 128 valence electrons. The third-order valence-electron chi connectivity index (χ3n) is 4.37. The lowest BCUT2D eigenvalue weighted by Gasteiger charge is -2.27.